The molecule has 0 aliphatic rings. The average molecular weight is 384 g/mol. The maximum atomic E-state index is 12.0. The summed E-state index contributed by atoms with van der Waals surface area (Å²) >= 11 is 6.86. The van der Waals surface area contributed by atoms with Crippen molar-refractivity contribution >= 4 is 34.8 Å². The maximum Gasteiger partial charge on any atom is 0.348 e. The van der Waals surface area contributed by atoms with E-state index in [-0.39, 0.29) is 12.6 Å². The van der Waals surface area contributed by atoms with Gasteiger partial charge < -0.3 is 19.5 Å². The third kappa shape index (κ3) is 5.11. The van der Waals surface area contributed by atoms with Crippen molar-refractivity contribution in [3.8, 4) is 11.5 Å². The Morgan fingerprint density at radius 1 is 1.20 bits per heavy atom. The number of benzene rings is 1. The fourth-order valence-corrected chi connectivity index (χ4v) is 3.10. The lowest BCUT2D eigenvalue weighted by atomic mass is 10.1. The Bertz CT molecular complexity index is 761. The molecule has 0 unspecified atom stereocenters. The minimum absolute atomic E-state index is 0.348. The summed E-state index contributed by atoms with van der Waals surface area (Å²) in [6, 6.07) is 8.11. The molecule has 2 aromatic rings. The van der Waals surface area contributed by atoms with Crippen LogP contribution < -0.4 is 14.8 Å². The second-order valence-electron chi connectivity index (χ2n) is 5.08. The molecule has 0 aliphatic carbocycles. The van der Waals surface area contributed by atoms with Crippen LogP contribution in [-0.2, 0) is 9.53 Å². The van der Waals surface area contributed by atoms with Crippen molar-refractivity contribution in [2.45, 2.75) is 13.0 Å². The van der Waals surface area contributed by atoms with Crippen molar-refractivity contribution in [2.75, 3.05) is 20.8 Å². The van der Waals surface area contributed by atoms with Gasteiger partial charge in [-0.3, -0.25) is 4.79 Å². The van der Waals surface area contributed by atoms with E-state index in [4.69, 9.17) is 25.8 Å². The number of methoxy groups -OCH3 is 2. The molecule has 1 aromatic carbocycles. The van der Waals surface area contributed by atoms with E-state index in [0.717, 1.165) is 16.9 Å². The van der Waals surface area contributed by atoms with E-state index in [1.165, 1.54) is 0 Å². The summed E-state index contributed by atoms with van der Waals surface area (Å²) in [5.74, 6) is 0.267. The van der Waals surface area contributed by atoms with Crippen molar-refractivity contribution in [3.63, 3.8) is 0 Å². The van der Waals surface area contributed by atoms with Crippen LogP contribution in [0.15, 0.2) is 30.3 Å². The summed E-state index contributed by atoms with van der Waals surface area (Å²) in [5.41, 5.74) is 0.756. The highest BCUT2D eigenvalue weighted by Gasteiger charge is 2.17. The molecule has 0 radical (unpaired) electrons. The highest BCUT2D eigenvalue weighted by molar-refractivity contribution is 7.17. The fourth-order valence-electron chi connectivity index (χ4n) is 2.16. The SMILES string of the molecule is COc1ccc(OC)c([C@H](C)NC(=O)COC(=O)c2ccc(Cl)s2)c1. The Balaban J connectivity index is 1.95. The quantitative estimate of drug-likeness (QED) is 0.741. The summed E-state index contributed by atoms with van der Waals surface area (Å²) in [6.07, 6.45) is 0. The van der Waals surface area contributed by atoms with Gasteiger partial charge in [-0.05, 0) is 37.3 Å². The first-order chi connectivity index (χ1) is 11.9. The Labute approximate surface area is 154 Å². The molecular formula is C17H18ClNO5S. The molecule has 0 aliphatic heterocycles. The second-order valence-corrected chi connectivity index (χ2v) is 6.79. The smallest absolute Gasteiger partial charge is 0.348 e. The van der Waals surface area contributed by atoms with Gasteiger partial charge in [0.05, 0.1) is 24.6 Å². The van der Waals surface area contributed by atoms with Crippen LogP contribution in [0, 0.1) is 0 Å². The van der Waals surface area contributed by atoms with Gasteiger partial charge in [-0.2, -0.15) is 0 Å². The van der Waals surface area contributed by atoms with Crippen molar-refractivity contribution in [2.24, 2.45) is 0 Å². The van der Waals surface area contributed by atoms with Gasteiger partial charge in [-0.15, -0.1) is 11.3 Å². The number of rotatable bonds is 7. The molecule has 0 bridgehead atoms. The van der Waals surface area contributed by atoms with Crippen LogP contribution in [0.4, 0.5) is 0 Å². The molecule has 6 nitrogen and oxygen atoms in total. The fraction of sp³-hybridized carbons (Fsp3) is 0.294. The van der Waals surface area contributed by atoms with Gasteiger partial charge in [0, 0.05) is 5.56 Å². The average Bonchev–Trinajstić information content (AvgIpc) is 3.05. The lowest BCUT2D eigenvalue weighted by Crippen LogP contribution is -2.31. The zero-order valence-corrected chi connectivity index (χ0v) is 15.6. The number of hydrogen-bond donors (Lipinski definition) is 1. The van der Waals surface area contributed by atoms with Crippen LogP contribution in [0.25, 0.3) is 0 Å². The number of thiophene rings is 1. The van der Waals surface area contributed by atoms with Crippen LogP contribution in [0.1, 0.15) is 28.2 Å². The lowest BCUT2D eigenvalue weighted by molar-refractivity contribution is -0.124. The van der Waals surface area contributed by atoms with Gasteiger partial charge in [0.2, 0.25) is 0 Å². The number of carbonyl (C=O) groups is 2. The number of carbonyl (C=O) groups excluding carboxylic acids is 2. The largest absolute Gasteiger partial charge is 0.497 e. The molecule has 1 aromatic heterocycles. The first kappa shape index (κ1) is 19.1. The van der Waals surface area contributed by atoms with Crippen molar-refractivity contribution < 1.29 is 23.8 Å². The number of esters is 1. The van der Waals surface area contributed by atoms with E-state index >= 15 is 0 Å². The Hall–Kier alpha value is -2.25. The zero-order valence-electron chi connectivity index (χ0n) is 14.0. The molecule has 1 amide bonds. The van der Waals surface area contributed by atoms with E-state index in [2.05, 4.69) is 5.32 Å². The van der Waals surface area contributed by atoms with Crippen molar-refractivity contribution in [1.82, 2.24) is 5.32 Å². The molecule has 0 fully saturated rings. The minimum Gasteiger partial charge on any atom is -0.497 e. The predicted molar refractivity (Wildman–Crippen MR) is 95.7 cm³/mol. The standard InChI is InChI=1S/C17H18ClNO5S/c1-10(12-8-11(22-2)4-5-13(12)23-3)19-16(20)9-24-17(21)14-6-7-15(18)25-14/h4-8,10H,9H2,1-3H3,(H,19,20)/t10-/m0/s1. The summed E-state index contributed by atoms with van der Waals surface area (Å²) in [6.45, 7) is 1.42. The number of ether oxygens (including phenoxy) is 3. The van der Waals surface area contributed by atoms with Gasteiger partial charge in [-0.25, -0.2) is 4.79 Å². The number of halogens is 1. The minimum atomic E-state index is -0.585. The monoisotopic (exact) mass is 383 g/mol. The van der Waals surface area contributed by atoms with Gasteiger partial charge in [0.25, 0.3) is 5.91 Å². The van der Waals surface area contributed by atoms with Gasteiger partial charge in [0.15, 0.2) is 6.61 Å². The van der Waals surface area contributed by atoms with Crippen LogP contribution in [0.5, 0.6) is 11.5 Å². The summed E-state index contributed by atoms with van der Waals surface area (Å²) in [4.78, 5) is 24.2. The van der Waals surface area contributed by atoms with Crippen LogP contribution >= 0.6 is 22.9 Å². The Kier molecular flexibility index (Phi) is 6.66. The lowest BCUT2D eigenvalue weighted by Gasteiger charge is -2.18. The van der Waals surface area contributed by atoms with E-state index in [1.807, 2.05) is 0 Å². The molecule has 1 atom stereocenters. The second kappa shape index (κ2) is 8.73. The third-order valence-electron chi connectivity index (χ3n) is 3.39. The molecule has 2 rings (SSSR count). The van der Waals surface area contributed by atoms with E-state index < -0.39 is 11.9 Å². The van der Waals surface area contributed by atoms with E-state index in [1.54, 1.807) is 51.5 Å². The van der Waals surface area contributed by atoms with E-state index in [0.29, 0.717) is 20.7 Å². The topological polar surface area (TPSA) is 73.9 Å². The molecule has 8 heteroatoms. The molecule has 0 saturated carbocycles. The molecule has 1 heterocycles. The maximum absolute atomic E-state index is 12.0. The van der Waals surface area contributed by atoms with Gasteiger partial charge >= 0.3 is 5.97 Å². The highest BCUT2D eigenvalue weighted by Crippen LogP contribution is 2.29. The molecule has 0 saturated heterocycles. The third-order valence-corrected chi connectivity index (χ3v) is 4.60. The summed E-state index contributed by atoms with van der Waals surface area (Å²) < 4.78 is 16.0. The summed E-state index contributed by atoms with van der Waals surface area (Å²) in [7, 11) is 3.11. The van der Waals surface area contributed by atoms with Crippen LogP contribution in [-0.4, -0.2) is 32.7 Å². The van der Waals surface area contributed by atoms with Gasteiger partial charge in [-0.1, -0.05) is 11.6 Å². The van der Waals surface area contributed by atoms with Gasteiger partial charge in [0.1, 0.15) is 16.4 Å². The first-order valence-electron chi connectivity index (χ1n) is 7.38. The van der Waals surface area contributed by atoms with Crippen molar-refractivity contribution in [3.05, 3.63) is 45.1 Å². The highest BCUT2D eigenvalue weighted by atomic mass is 35.5. The Morgan fingerprint density at radius 2 is 1.96 bits per heavy atom. The number of amides is 1. The summed E-state index contributed by atoms with van der Waals surface area (Å²) in [5, 5.41) is 2.76. The Morgan fingerprint density at radius 3 is 2.56 bits per heavy atom. The molecular weight excluding hydrogens is 366 g/mol. The predicted octanol–water partition coefficient (Wildman–Crippen LogP) is 3.45. The van der Waals surface area contributed by atoms with Crippen molar-refractivity contribution in [1.29, 1.82) is 0 Å². The normalized spacial score (nSPS) is 11.5. The molecule has 0 spiro atoms. The molecule has 134 valence electrons. The first-order valence-corrected chi connectivity index (χ1v) is 8.57. The molecule has 1 N–H and O–H groups in total. The van der Waals surface area contributed by atoms with E-state index in [9.17, 15) is 9.59 Å². The van der Waals surface area contributed by atoms with Crippen LogP contribution in [0.3, 0.4) is 0 Å². The zero-order chi connectivity index (χ0) is 18.4. The van der Waals surface area contributed by atoms with Crippen LogP contribution in [0.2, 0.25) is 4.34 Å². The molecule has 25 heavy (non-hydrogen) atoms. The number of hydrogen-bond acceptors (Lipinski definition) is 6. The number of nitrogens with one attached hydrogen (secondary N) is 1.